The molecule has 0 spiro atoms. The molecular formula is C12H17ClN2O2S3. The Kier molecular flexibility index (Phi) is 6.74. The smallest absolute Gasteiger partial charge is 0.242 e. The summed E-state index contributed by atoms with van der Waals surface area (Å²) in [5.41, 5.74) is 6.02. The van der Waals surface area contributed by atoms with Crippen molar-refractivity contribution in [2.45, 2.75) is 24.3 Å². The minimum Gasteiger partial charge on any atom is -0.389 e. The van der Waals surface area contributed by atoms with E-state index in [-0.39, 0.29) is 20.9 Å². The molecule has 3 N–H and O–H groups in total. The molecule has 0 radical (unpaired) electrons. The van der Waals surface area contributed by atoms with Crippen LogP contribution < -0.4 is 10.5 Å². The topological polar surface area (TPSA) is 72.2 Å². The Morgan fingerprint density at radius 3 is 2.70 bits per heavy atom. The molecule has 0 aromatic heterocycles. The van der Waals surface area contributed by atoms with Crippen molar-refractivity contribution in [3.63, 3.8) is 0 Å². The van der Waals surface area contributed by atoms with Crippen LogP contribution in [0.5, 0.6) is 0 Å². The van der Waals surface area contributed by atoms with E-state index in [0.29, 0.717) is 5.56 Å². The van der Waals surface area contributed by atoms with Crippen molar-refractivity contribution in [3.8, 4) is 0 Å². The highest BCUT2D eigenvalue weighted by molar-refractivity contribution is 7.98. The van der Waals surface area contributed by atoms with Gasteiger partial charge in [-0.2, -0.15) is 11.8 Å². The molecule has 1 unspecified atom stereocenters. The molecule has 8 heteroatoms. The zero-order valence-corrected chi connectivity index (χ0v) is 14.4. The minimum atomic E-state index is -3.64. The molecule has 1 aromatic rings. The van der Waals surface area contributed by atoms with E-state index in [2.05, 4.69) is 4.72 Å². The fourth-order valence-corrected chi connectivity index (χ4v) is 4.09. The third-order valence-corrected chi connectivity index (χ3v) is 5.57. The van der Waals surface area contributed by atoms with E-state index < -0.39 is 10.0 Å². The Labute approximate surface area is 134 Å². The number of hydrogen-bond donors (Lipinski definition) is 2. The van der Waals surface area contributed by atoms with E-state index in [1.165, 1.54) is 12.1 Å². The molecular weight excluding hydrogens is 336 g/mol. The number of sulfonamides is 1. The van der Waals surface area contributed by atoms with Gasteiger partial charge in [0.15, 0.2) is 0 Å². The van der Waals surface area contributed by atoms with E-state index in [9.17, 15) is 8.42 Å². The summed E-state index contributed by atoms with van der Waals surface area (Å²) in [4.78, 5) is 0.215. The maximum atomic E-state index is 12.2. The minimum absolute atomic E-state index is 0.0372. The maximum Gasteiger partial charge on any atom is 0.242 e. The summed E-state index contributed by atoms with van der Waals surface area (Å²) in [6.45, 7) is 1.82. The third-order valence-electron chi connectivity index (χ3n) is 2.62. The predicted molar refractivity (Wildman–Crippen MR) is 90.1 cm³/mol. The van der Waals surface area contributed by atoms with Gasteiger partial charge in [-0.15, -0.1) is 0 Å². The first kappa shape index (κ1) is 17.7. The molecule has 0 saturated heterocycles. The van der Waals surface area contributed by atoms with Gasteiger partial charge in [-0.3, -0.25) is 0 Å². The molecule has 0 fully saturated rings. The van der Waals surface area contributed by atoms with Crippen molar-refractivity contribution in [3.05, 3.63) is 28.8 Å². The Morgan fingerprint density at radius 2 is 2.20 bits per heavy atom. The molecule has 0 heterocycles. The quantitative estimate of drug-likeness (QED) is 0.737. The average molecular weight is 353 g/mol. The summed E-state index contributed by atoms with van der Waals surface area (Å²) in [7, 11) is -3.64. The first-order valence-corrected chi connectivity index (χ1v) is 9.55. The van der Waals surface area contributed by atoms with Crippen LogP contribution in [0.15, 0.2) is 23.1 Å². The van der Waals surface area contributed by atoms with Crippen LogP contribution in [0.4, 0.5) is 0 Å². The zero-order chi connectivity index (χ0) is 15.3. The van der Waals surface area contributed by atoms with Gasteiger partial charge in [-0.05, 0) is 37.5 Å². The van der Waals surface area contributed by atoms with Crippen LogP contribution in [0.1, 0.15) is 18.9 Å². The van der Waals surface area contributed by atoms with Gasteiger partial charge in [-0.25, -0.2) is 13.1 Å². The molecule has 1 rings (SSSR count). The second kappa shape index (κ2) is 7.61. The maximum absolute atomic E-state index is 12.2. The third kappa shape index (κ3) is 4.89. The van der Waals surface area contributed by atoms with Crippen molar-refractivity contribution in [1.29, 1.82) is 0 Å². The number of rotatable bonds is 7. The van der Waals surface area contributed by atoms with Crippen molar-refractivity contribution < 1.29 is 8.42 Å². The number of hydrogen-bond acceptors (Lipinski definition) is 4. The second-order valence-corrected chi connectivity index (χ2v) is 7.83. The SMILES string of the molecule is CSCCC(C)NS(=O)(=O)c1ccc(C(N)=S)cc1Cl. The largest absolute Gasteiger partial charge is 0.389 e. The molecule has 0 aliphatic carbocycles. The average Bonchev–Trinajstić information content (AvgIpc) is 2.35. The van der Waals surface area contributed by atoms with Crippen molar-refractivity contribution in [1.82, 2.24) is 4.72 Å². The van der Waals surface area contributed by atoms with Crippen LogP contribution in [-0.2, 0) is 10.0 Å². The molecule has 1 atom stereocenters. The zero-order valence-electron chi connectivity index (χ0n) is 11.2. The van der Waals surface area contributed by atoms with Gasteiger partial charge in [0, 0.05) is 11.6 Å². The van der Waals surface area contributed by atoms with Gasteiger partial charge in [0.1, 0.15) is 9.88 Å². The first-order chi connectivity index (χ1) is 9.27. The lowest BCUT2D eigenvalue weighted by molar-refractivity contribution is 0.557. The number of benzene rings is 1. The standard InChI is InChI=1S/C12H17ClN2O2S3/c1-8(5-6-19-2)15-20(16,17)11-4-3-9(12(14)18)7-10(11)13/h3-4,7-8,15H,5-6H2,1-2H3,(H2,14,18). The van der Waals surface area contributed by atoms with Crippen molar-refractivity contribution in [2.24, 2.45) is 5.73 Å². The van der Waals surface area contributed by atoms with E-state index >= 15 is 0 Å². The Balaban J connectivity index is 2.95. The van der Waals surface area contributed by atoms with Crippen LogP contribution >= 0.6 is 35.6 Å². The number of thiocarbonyl (C=S) groups is 1. The van der Waals surface area contributed by atoms with Crippen LogP contribution in [0, 0.1) is 0 Å². The summed E-state index contributed by atoms with van der Waals surface area (Å²) in [6.07, 6.45) is 2.73. The van der Waals surface area contributed by atoms with E-state index in [1.54, 1.807) is 17.8 Å². The molecule has 20 heavy (non-hydrogen) atoms. The first-order valence-electron chi connectivity index (χ1n) is 5.88. The molecule has 1 aromatic carbocycles. The summed E-state index contributed by atoms with van der Waals surface area (Å²) in [5, 5.41) is 0.111. The van der Waals surface area contributed by atoms with Gasteiger partial charge < -0.3 is 5.73 Å². The number of thioether (sulfide) groups is 1. The van der Waals surface area contributed by atoms with Crippen LogP contribution in [0.3, 0.4) is 0 Å². The van der Waals surface area contributed by atoms with Gasteiger partial charge in [-0.1, -0.05) is 29.9 Å². The number of halogens is 1. The van der Waals surface area contributed by atoms with Crippen LogP contribution in [0.2, 0.25) is 5.02 Å². The Hall–Kier alpha value is -0.340. The fraction of sp³-hybridized carbons (Fsp3) is 0.417. The molecule has 0 amide bonds. The highest BCUT2D eigenvalue weighted by atomic mass is 35.5. The molecule has 0 aliphatic heterocycles. The van der Waals surface area contributed by atoms with Crippen LogP contribution in [0.25, 0.3) is 0 Å². The van der Waals surface area contributed by atoms with Crippen molar-refractivity contribution in [2.75, 3.05) is 12.0 Å². The number of nitrogens with two attached hydrogens (primary N) is 1. The Morgan fingerprint density at radius 1 is 1.55 bits per heavy atom. The second-order valence-electron chi connectivity index (χ2n) is 4.31. The van der Waals surface area contributed by atoms with Crippen LogP contribution in [-0.4, -0.2) is 31.5 Å². The van der Waals surface area contributed by atoms with Gasteiger partial charge in [0.2, 0.25) is 10.0 Å². The van der Waals surface area contributed by atoms with E-state index in [1.807, 2.05) is 13.2 Å². The summed E-state index contributed by atoms with van der Waals surface area (Å²) in [5.74, 6) is 0.887. The van der Waals surface area contributed by atoms with Gasteiger partial charge >= 0.3 is 0 Å². The molecule has 112 valence electrons. The normalized spacial score (nSPS) is 13.2. The van der Waals surface area contributed by atoms with Crippen molar-refractivity contribution >= 4 is 50.6 Å². The van der Waals surface area contributed by atoms with E-state index in [0.717, 1.165) is 12.2 Å². The lowest BCUT2D eigenvalue weighted by Gasteiger charge is -2.14. The van der Waals surface area contributed by atoms with Gasteiger partial charge in [0.25, 0.3) is 0 Å². The fourth-order valence-electron chi connectivity index (χ4n) is 1.55. The van der Waals surface area contributed by atoms with E-state index in [4.69, 9.17) is 29.6 Å². The monoisotopic (exact) mass is 352 g/mol. The molecule has 4 nitrogen and oxygen atoms in total. The Bertz CT molecular complexity index is 590. The summed E-state index contributed by atoms with van der Waals surface area (Å²) >= 11 is 12.5. The molecule has 0 aliphatic rings. The lowest BCUT2D eigenvalue weighted by Crippen LogP contribution is -2.33. The predicted octanol–water partition coefficient (Wildman–Crippen LogP) is 2.39. The van der Waals surface area contributed by atoms with Gasteiger partial charge in [0.05, 0.1) is 5.02 Å². The highest BCUT2D eigenvalue weighted by Crippen LogP contribution is 2.23. The summed E-state index contributed by atoms with van der Waals surface area (Å²) < 4.78 is 27.1. The highest BCUT2D eigenvalue weighted by Gasteiger charge is 2.20. The summed E-state index contributed by atoms with van der Waals surface area (Å²) in [6, 6.07) is 4.28. The molecule has 0 bridgehead atoms. The number of nitrogens with one attached hydrogen (secondary N) is 1. The lowest BCUT2D eigenvalue weighted by atomic mass is 10.2. The molecule has 0 saturated carbocycles.